The van der Waals surface area contributed by atoms with Crippen molar-refractivity contribution in [1.29, 1.82) is 0 Å². The fourth-order valence-electron chi connectivity index (χ4n) is 1.88. The van der Waals surface area contributed by atoms with Gasteiger partial charge in [0.05, 0.1) is 13.1 Å². The number of carbonyl (C=O) groups is 2. The second-order valence-corrected chi connectivity index (χ2v) is 4.31. The predicted molar refractivity (Wildman–Crippen MR) is 66.3 cm³/mol. The molecule has 1 fully saturated rings. The van der Waals surface area contributed by atoms with Crippen molar-refractivity contribution in [3.8, 4) is 0 Å². The van der Waals surface area contributed by atoms with Crippen molar-refractivity contribution in [1.82, 2.24) is 10.2 Å². The fourth-order valence-corrected chi connectivity index (χ4v) is 1.88. The molecular formula is C12H20N2O4. The number of rotatable bonds is 7. The lowest BCUT2D eigenvalue weighted by atomic mass is 10.1. The highest BCUT2D eigenvalue weighted by Gasteiger charge is 2.18. The smallest absolute Gasteiger partial charge is 0.317 e. The molecule has 1 saturated heterocycles. The van der Waals surface area contributed by atoms with Crippen LogP contribution in [0, 0.1) is 0 Å². The van der Waals surface area contributed by atoms with E-state index in [2.05, 4.69) is 11.9 Å². The lowest BCUT2D eigenvalue weighted by Crippen LogP contribution is -2.45. The SMILES string of the molecule is C=CCN(CC(=O)O)CC(=O)NC1CCOCC1. The number of carbonyl (C=O) groups excluding carboxylic acids is 1. The molecule has 0 unspecified atom stereocenters. The maximum atomic E-state index is 11.8. The molecule has 0 radical (unpaired) electrons. The average Bonchev–Trinajstić information content (AvgIpc) is 2.29. The summed E-state index contributed by atoms with van der Waals surface area (Å²) in [5.74, 6) is -1.10. The van der Waals surface area contributed by atoms with E-state index in [0.29, 0.717) is 19.8 Å². The highest BCUT2D eigenvalue weighted by atomic mass is 16.5. The zero-order chi connectivity index (χ0) is 13.4. The molecule has 0 saturated carbocycles. The molecule has 102 valence electrons. The van der Waals surface area contributed by atoms with Crippen molar-refractivity contribution < 1.29 is 19.4 Å². The monoisotopic (exact) mass is 256 g/mol. The standard InChI is InChI=1S/C12H20N2O4/c1-2-5-14(9-12(16)17)8-11(15)13-10-3-6-18-7-4-10/h2,10H,1,3-9H2,(H,13,15)(H,16,17). The summed E-state index contributed by atoms with van der Waals surface area (Å²) in [4.78, 5) is 23.9. The second-order valence-electron chi connectivity index (χ2n) is 4.31. The Morgan fingerprint density at radius 1 is 1.39 bits per heavy atom. The van der Waals surface area contributed by atoms with E-state index in [1.165, 1.54) is 4.90 Å². The molecule has 1 heterocycles. The van der Waals surface area contributed by atoms with Crippen LogP contribution >= 0.6 is 0 Å². The summed E-state index contributed by atoms with van der Waals surface area (Å²) in [5.41, 5.74) is 0. The maximum Gasteiger partial charge on any atom is 0.317 e. The molecule has 0 aromatic heterocycles. The lowest BCUT2D eigenvalue weighted by Gasteiger charge is -2.25. The van der Waals surface area contributed by atoms with Crippen LogP contribution in [0.4, 0.5) is 0 Å². The van der Waals surface area contributed by atoms with Crippen molar-refractivity contribution in [3.63, 3.8) is 0 Å². The summed E-state index contributed by atoms with van der Waals surface area (Å²) in [7, 11) is 0. The summed E-state index contributed by atoms with van der Waals surface area (Å²) >= 11 is 0. The van der Waals surface area contributed by atoms with Gasteiger partial charge in [0, 0.05) is 25.8 Å². The topological polar surface area (TPSA) is 78.9 Å². The van der Waals surface area contributed by atoms with Gasteiger partial charge in [-0.25, -0.2) is 0 Å². The summed E-state index contributed by atoms with van der Waals surface area (Å²) in [6.45, 7) is 5.18. The Balaban J connectivity index is 2.34. The van der Waals surface area contributed by atoms with Crippen LogP contribution in [0.2, 0.25) is 0 Å². The van der Waals surface area contributed by atoms with Gasteiger partial charge in [0.15, 0.2) is 0 Å². The molecule has 0 aromatic carbocycles. The largest absolute Gasteiger partial charge is 0.480 e. The predicted octanol–water partition coefficient (Wildman–Crippen LogP) is -0.146. The molecule has 2 N–H and O–H groups in total. The fraction of sp³-hybridized carbons (Fsp3) is 0.667. The quantitative estimate of drug-likeness (QED) is 0.620. The van der Waals surface area contributed by atoms with Gasteiger partial charge in [-0.2, -0.15) is 0 Å². The van der Waals surface area contributed by atoms with E-state index in [4.69, 9.17) is 9.84 Å². The Kier molecular flexibility index (Phi) is 6.38. The van der Waals surface area contributed by atoms with Crippen LogP contribution in [0.1, 0.15) is 12.8 Å². The van der Waals surface area contributed by atoms with E-state index >= 15 is 0 Å². The Morgan fingerprint density at radius 3 is 2.61 bits per heavy atom. The average molecular weight is 256 g/mol. The van der Waals surface area contributed by atoms with Crippen LogP contribution in [0.25, 0.3) is 0 Å². The molecule has 0 atom stereocenters. The Hall–Kier alpha value is -1.40. The van der Waals surface area contributed by atoms with Crippen molar-refractivity contribution in [2.24, 2.45) is 0 Å². The van der Waals surface area contributed by atoms with Crippen LogP contribution < -0.4 is 5.32 Å². The first-order chi connectivity index (χ1) is 8.61. The van der Waals surface area contributed by atoms with E-state index in [0.717, 1.165) is 12.8 Å². The summed E-state index contributed by atoms with van der Waals surface area (Å²) in [6.07, 6.45) is 3.21. The molecule has 1 aliphatic heterocycles. The number of ether oxygens (including phenoxy) is 1. The van der Waals surface area contributed by atoms with Gasteiger partial charge in [-0.05, 0) is 12.8 Å². The first-order valence-corrected chi connectivity index (χ1v) is 6.04. The van der Waals surface area contributed by atoms with E-state index in [1.54, 1.807) is 6.08 Å². The summed E-state index contributed by atoms with van der Waals surface area (Å²) < 4.78 is 5.20. The molecule has 18 heavy (non-hydrogen) atoms. The molecule has 0 aliphatic carbocycles. The van der Waals surface area contributed by atoms with Crippen LogP contribution in [0.3, 0.4) is 0 Å². The minimum absolute atomic E-state index is 0.0790. The molecule has 6 nitrogen and oxygen atoms in total. The maximum absolute atomic E-state index is 11.8. The van der Waals surface area contributed by atoms with Crippen LogP contribution in [0.5, 0.6) is 0 Å². The number of carboxylic acids is 1. The van der Waals surface area contributed by atoms with Crippen LogP contribution in [-0.4, -0.2) is 60.8 Å². The number of nitrogens with zero attached hydrogens (tertiary/aromatic N) is 1. The van der Waals surface area contributed by atoms with E-state index in [9.17, 15) is 9.59 Å². The molecule has 1 amide bonds. The summed E-state index contributed by atoms with van der Waals surface area (Å²) in [5, 5.41) is 11.6. The minimum Gasteiger partial charge on any atom is -0.480 e. The number of hydrogen-bond acceptors (Lipinski definition) is 4. The first-order valence-electron chi connectivity index (χ1n) is 6.04. The van der Waals surface area contributed by atoms with Gasteiger partial charge in [0.25, 0.3) is 0 Å². The minimum atomic E-state index is -0.948. The van der Waals surface area contributed by atoms with Gasteiger partial charge >= 0.3 is 5.97 Å². The third-order valence-electron chi connectivity index (χ3n) is 2.70. The Morgan fingerprint density at radius 2 is 2.06 bits per heavy atom. The van der Waals surface area contributed by atoms with E-state index in [-0.39, 0.29) is 25.0 Å². The number of carboxylic acid groups (broad SMARTS) is 1. The molecule has 6 heteroatoms. The number of aliphatic carboxylic acids is 1. The van der Waals surface area contributed by atoms with Crippen LogP contribution in [0.15, 0.2) is 12.7 Å². The van der Waals surface area contributed by atoms with Crippen molar-refractivity contribution in [2.45, 2.75) is 18.9 Å². The van der Waals surface area contributed by atoms with Crippen LogP contribution in [-0.2, 0) is 14.3 Å². The third-order valence-corrected chi connectivity index (χ3v) is 2.70. The van der Waals surface area contributed by atoms with E-state index < -0.39 is 5.97 Å². The van der Waals surface area contributed by atoms with Crippen molar-refractivity contribution >= 4 is 11.9 Å². The summed E-state index contributed by atoms with van der Waals surface area (Å²) in [6, 6.07) is 0.140. The molecular weight excluding hydrogens is 236 g/mol. The van der Waals surface area contributed by atoms with Gasteiger partial charge in [0.2, 0.25) is 5.91 Å². The molecule has 0 bridgehead atoms. The molecule has 1 aliphatic rings. The first kappa shape index (κ1) is 14.7. The lowest BCUT2D eigenvalue weighted by molar-refractivity contribution is -0.138. The number of hydrogen-bond donors (Lipinski definition) is 2. The normalized spacial score (nSPS) is 16.5. The zero-order valence-corrected chi connectivity index (χ0v) is 10.4. The van der Waals surface area contributed by atoms with Crippen molar-refractivity contribution in [3.05, 3.63) is 12.7 Å². The van der Waals surface area contributed by atoms with E-state index in [1.807, 2.05) is 0 Å². The Labute approximate surface area is 107 Å². The van der Waals surface area contributed by atoms with Gasteiger partial charge in [-0.15, -0.1) is 6.58 Å². The molecule has 0 spiro atoms. The second kappa shape index (κ2) is 7.84. The third kappa shape index (κ3) is 5.79. The molecule has 0 aromatic rings. The van der Waals surface area contributed by atoms with Crippen molar-refractivity contribution in [2.75, 3.05) is 32.8 Å². The highest BCUT2D eigenvalue weighted by Crippen LogP contribution is 2.05. The number of amides is 1. The molecule has 1 rings (SSSR count). The Bertz CT molecular complexity index is 300. The van der Waals surface area contributed by atoms with Gasteiger partial charge in [-0.3, -0.25) is 14.5 Å². The van der Waals surface area contributed by atoms with Gasteiger partial charge in [0.1, 0.15) is 0 Å². The zero-order valence-electron chi connectivity index (χ0n) is 10.4. The van der Waals surface area contributed by atoms with Gasteiger partial charge < -0.3 is 15.2 Å². The highest BCUT2D eigenvalue weighted by molar-refractivity contribution is 5.79. The number of nitrogens with one attached hydrogen (secondary N) is 1. The van der Waals surface area contributed by atoms with Gasteiger partial charge in [-0.1, -0.05) is 6.08 Å².